The zero-order valence-electron chi connectivity index (χ0n) is 22.7. The molecule has 1 aliphatic carbocycles. The summed E-state index contributed by atoms with van der Waals surface area (Å²) in [6, 6.07) is 13.7. The average molecular weight is 533 g/mol. The number of carbonyl (C=O) groups is 3. The SMILES string of the molecule is COC(=O)N1c2ccc3c(nc(C(Cc4ccccc4)NC(C)=O)n3C3CCC(C(=O)O)CC3)c2CC[C@@H]1C. The first kappa shape index (κ1) is 26.7. The van der Waals surface area contributed by atoms with Crippen LogP contribution in [0, 0.1) is 5.92 Å². The van der Waals surface area contributed by atoms with Gasteiger partial charge in [0.15, 0.2) is 0 Å². The van der Waals surface area contributed by atoms with Crippen LogP contribution in [0.4, 0.5) is 10.5 Å². The molecule has 0 saturated heterocycles. The lowest BCUT2D eigenvalue weighted by Crippen LogP contribution is -2.42. The van der Waals surface area contributed by atoms with Crippen LogP contribution in [0.25, 0.3) is 11.0 Å². The molecule has 9 nitrogen and oxygen atoms in total. The van der Waals surface area contributed by atoms with E-state index in [4.69, 9.17) is 9.72 Å². The second-order valence-corrected chi connectivity index (χ2v) is 10.8. The van der Waals surface area contributed by atoms with Crippen molar-refractivity contribution >= 4 is 34.7 Å². The molecule has 39 heavy (non-hydrogen) atoms. The van der Waals surface area contributed by atoms with Crippen molar-refractivity contribution in [2.75, 3.05) is 12.0 Å². The predicted molar refractivity (Wildman–Crippen MR) is 148 cm³/mol. The number of carboxylic acids is 1. The molecule has 1 aromatic heterocycles. The zero-order chi connectivity index (χ0) is 27.7. The second kappa shape index (κ2) is 11.1. The van der Waals surface area contributed by atoms with Gasteiger partial charge in [-0.3, -0.25) is 14.5 Å². The number of rotatable bonds is 6. The number of carboxylic acid groups (broad SMARTS) is 1. The summed E-state index contributed by atoms with van der Waals surface area (Å²) in [6.07, 6.45) is 4.37. The minimum Gasteiger partial charge on any atom is -0.481 e. The molecule has 3 aromatic rings. The van der Waals surface area contributed by atoms with Gasteiger partial charge in [0.2, 0.25) is 5.91 Å². The molecule has 9 heteroatoms. The number of nitrogens with zero attached hydrogens (tertiary/aromatic N) is 3. The summed E-state index contributed by atoms with van der Waals surface area (Å²) in [4.78, 5) is 43.6. The highest BCUT2D eigenvalue weighted by atomic mass is 16.5. The molecule has 2 heterocycles. The summed E-state index contributed by atoms with van der Waals surface area (Å²) in [7, 11) is 1.39. The number of carbonyl (C=O) groups excluding carboxylic acids is 2. The fourth-order valence-electron chi connectivity index (χ4n) is 6.31. The molecule has 2 aromatic carbocycles. The average Bonchev–Trinajstić information content (AvgIpc) is 3.32. The van der Waals surface area contributed by atoms with Crippen molar-refractivity contribution in [2.45, 2.75) is 76.9 Å². The number of methoxy groups -OCH3 is 1. The van der Waals surface area contributed by atoms with Gasteiger partial charge >= 0.3 is 12.1 Å². The maximum absolute atomic E-state index is 12.7. The summed E-state index contributed by atoms with van der Waals surface area (Å²) in [5.74, 6) is -0.454. The van der Waals surface area contributed by atoms with E-state index in [1.807, 2.05) is 49.4 Å². The van der Waals surface area contributed by atoms with E-state index in [1.165, 1.54) is 14.0 Å². The highest BCUT2D eigenvalue weighted by molar-refractivity contribution is 5.95. The number of benzene rings is 2. The standard InChI is InChI=1S/C30H36N4O5/c1-18-9-14-23-25(33(18)30(38)39-3)15-16-26-27(23)32-28(34(26)22-12-10-21(11-13-22)29(36)37)24(31-19(2)35)17-20-7-5-4-6-8-20/h4-8,15-16,18,21-22,24H,9-14,17H2,1-3H3,(H,31,35)(H,36,37)/t18-,21?,22?,24?/m0/s1. The third kappa shape index (κ3) is 5.22. The highest BCUT2D eigenvalue weighted by Crippen LogP contribution is 2.41. The van der Waals surface area contributed by atoms with Crippen LogP contribution < -0.4 is 10.2 Å². The van der Waals surface area contributed by atoms with Crippen molar-refractivity contribution < 1.29 is 24.2 Å². The fourth-order valence-corrected chi connectivity index (χ4v) is 6.31. The van der Waals surface area contributed by atoms with E-state index in [0.717, 1.165) is 59.4 Å². The van der Waals surface area contributed by atoms with Crippen molar-refractivity contribution in [3.63, 3.8) is 0 Å². The number of amides is 2. The normalized spacial score (nSPS) is 21.7. The fraction of sp³-hybridized carbons (Fsp3) is 0.467. The Hall–Kier alpha value is -3.88. The summed E-state index contributed by atoms with van der Waals surface area (Å²) < 4.78 is 7.33. The van der Waals surface area contributed by atoms with Gasteiger partial charge in [0, 0.05) is 24.6 Å². The number of ether oxygens (including phenoxy) is 1. The first-order valence-electron chi connectivity index (χ1n) is 13.7. The molecule has 1 aliphatic heterocycles. The Morgan fingerprint density at radius 3 is 2.44 bits per heavy atom. The highest BCUT2D eigenvalue weighted by Gasteiger charge is 2.35. The largest absolute Gasteiger partial charge is 0.481 e. The Labute approximate surface area is 228 Å². The minimum atomic E-state index is -0.740. The second-order valence-electron chi connectivity index (χ2n) is 10.8. The molecule has 206 valence electrons. The predicted octanol–water partition coefficient (Wildman–Crippen LogP) is 5.18. The van der Waals surface area contributed by atoms with Crippen molar-refractivity contribution in [3.05, 3.63) is 59.4 Å². The molecular weight excluding hydrogens is 496 g/mol. The number of anilines is 1. The van der Waals surface area contributed by atoms with E-state index in [1.54, 1.807) is 4.90 Å². The van der Waals surface area contributed by atoms with Crippen molar-refractivity contribution in [3.8, 4) is 0 Å². The number of fused-ring (bicyclic) bond motifs is 3. The number of nitrogens with one attached hydrogen (secondary N) is 1. The monoisotopic (exact) mass is 532 g/mol. The number of imidazole rings is 1. The minimum absolute atomic E-state index is 0.000427. The molecule has 1 fully saturated rings. The summed E-state index contributed by atoms with van der Waals surface area (Å²) in [5.41, 5.74) is 4.66. The lowest BCUT2D eigenvalue weighted by molar-refractivity contribution is -0.143. The molecule has 2 N–H and O–H groups in total. The Balaban J connectivity index is 1.66. The molecule has 5 rings (SSSR count). The van der Waals surface area contributed by atoms with Gasteiger partial charge in [-0.25, -0.2) is 9.78 Å². The molecular formula is C30H36N4O5. The third-order valence-corrected chi connectivity index (χ3v) is 8.24. The van der Waals surface area contributed by atoms with Crippen molar-refractivity contribution in [1.82, 2.24) is 14.9 Å². The first-order valence-corrected chi connectivity index (χ1v) is 13.7. The van der Waals surface area contributed by atoms with E-state index >= 15 is 0 Å². The number of aliphatic carboxylic acids is 1. The van der Waals surface area contributed by atoms with E-state index in [9.17, 15) is 19.5 Å². The number of hydrogen-bond acceptors (Lipinski definition) is 5. The molecule has 1 unspecified atom stereocenters. The van der Waals surface area contributed by atoms with Crippen LogP contribution in [0.2, 0.25) is 0 Å². The van der Waals surface area contributed by atoms with Crippen LogP contribution in [0.1, 0.15) is 75.0 Å². The lowest BCUT2D eigenvalue weighted by atomic mass is 9.85. The number of aryl methyl sites for hydroxylation is 1. The van der Waals surface area contributed by atoms with Crippen molar-refractivity contribution in [2.24, 2.45) is 5.92 Å². The maximum atomic E-state index is 12.7. The van der Waals surface area contributed by atoms with Gasteiger partial charge < -0.3 is 19.7 Å². The smallest absolute Gasteiger partial charge is 0.414 e. The van der Waals surface area contributed by atoms with Crippen LogP contribution >= 0.6 is 0 Å². The maximum Gasteiger partial charge on any atom is 0.414 e. The van der Waals surface area contributed by atoms with Crippen LogP contribution in [-0.2, 0) is 27.2 Å². The van der Waals surface area contributed by atoms with E-state index in [0.29, 0.717) is 19.3 Å². The Kier molecular flexibility index (Phi) is 7.59. The number of hydrogen-bond donors (Lipinski definition) is 2. The Morgan fingerprint density at radius 1 is 1.08 bits per heavy atom. The van der Waals surface area contributed by atoms with Gasteiger partial charge in [0.1, 0.15) is 5.82 Å². The lowest BCUT2D eigenvalue weighted by Gasteiger charge is -2.34. The number of aromatic nitrogens is 2. The van der Waals surface area contributed by atoms with Gasteiger partial charge in [-0.15, -0.1) is 0 Å². The molecule has 2 atom stereocenters. The van der Waals surface area contributed by atoms with E-state index in [2.05, 4.69) is 9.88 Å². The summed E-state index contributed by atoms with van der Waals surface area (Å²) >= 11 is 0. The van der Waals surface area contributed by atoms with Crippen LogP contribution in [0.5, 0.6) is 0 Å². The van der Waals surface area contributed by atoms with Gasteiger partial charge in [0.05, 0.1) is 35.8 Å². The third-order valence-electron chi connectivity index (χ3n) is 8.24. The Morgan fingerprint density at radius 2 is 1.79 bits per heavy atom. The quantitative estimate of drug-likeness (QED) is 0.452. The van der Waals surface area contributed by atoms with Crippen molar-refractivity contribution in [1.29, 1.82) is 0 Å². The van der Waals surface area contributed by atoms with Gasteiger partial charge in [0.25, 0.3) is 0 Å². The van der Waals surface area contributed by atoms with Crippen LogP contribution in [-0.4, -0.2) is 45.8 Å². The molecule has 2 aliphatic rings. The molecule has 0 bridgehead atoms. The van der Waals surface area contributed by atoms with Gasteiger partial charge in [-0.1, -0.05) is 30.3 Å². The van der Waals surface area contributed by atoms with Gasteiger partial charge in [-0.2, -0.15) is 0 Å². The molecule has 1 saturated carbocycles. The topological polar surface area (TPSA) is 114 Å². The van der Waals surface area contributed by atoms with Crippen LogP contribution in [0.3, 0.4) is 0 Å². The summed E-state index contributed by atoms with van der Waals surface area (Å²) in [6.45, 7) is 3.53. The van der Waals surface area contributed by atoms with E-state index in [-0.39, 0.29) is 30.0 Å². The first-order chi connectivity index (χ1) is 18.8. The zero-order valence-corrected chi connectivity index (χ0v) is 22.7. The molecule has 2 amide bonds. The van der Waals surface area contributed by atoms with Crippen LogP contribution in [0.15, 0.2) is 42.5 Å². The molecule has 0 radical (unpaired) electrons. The molecule has 0 spiro atoms. The Bertz CT molecular complexity index is 1380. The summed E-state index contributed by atoms with van der Waals surface area (Å²) in [5, 5.41) is 12.7. The van der Waals surface area contributed by atoms with Gasteiger partial charge in [-0.05, 0) is 69.6 Å². The van der Waals surface area contributed by atoms with E-state index < -0.39 is 12.1 Å².